The topological polar surface area (TPSA) is 99.9 Å². The fourth-order valence-corrected chi connectivity index (χ4v) is 5.89. The number of hydrogen-bond donors (Lipinski definition) is 3. The van der Waals surface area contributed by atoms with Gasteiger partial charge in [0.25, 0.3) is 5.91 Å². The monoisotopic (exact) mass is 590 g/mol. The number of benzene rings is 2. The summed E-state index contributed by atoms with van der Waals surface area (Å²) >= 11 is 0. The fourth-order valence-electron chi connectivity index (χ4n) is 5.89. The molecule has 2 aliphatic rings. The average Bonchev–Trinajstić information content (AvgIpc) is 3.54. The van der Waals surface area contributed by atoms with Gasteiger partial charge in [-0.05, 0) is 61.6 Å². The molecule has 4 atom stereocenters. The number of phenols is 1. The SMILES string of the molecule is C[C@H](O)C(=O)N(C[C@@H]1CNC[C@@H]1F)[C@@H](c1nc(-c2cc(F)ccc2F)cn1Cc1cc(O)cc(F)c1)C1CCOCC1. The Hall–Kier alpha value is -3.48. The molecule has 3 aromatic rings. The summed E-state index contributed by atoms with van der Waals surface area (Å²) in [6, 6.07) is 5.74. The van der Waals surface area contributed by atoms with Crippen LogP contribution in [0.2, 0.25) is 0 Å². The van der Waals surface area contributed by atoms with Crippen LogP contribution in [0, 0.1) is 29.3 Å². The third kappa shape index (κ3) is 6.61. The summed E-state index contributed by atoms with van der Waals surface area (Å²) in [5.74, 6) is -3.48. The van der Waals surface area contributed by atoms with Crippen molar-refractivity contribution in [2.24, 2.45) is 11.8 Å². The summed E-state index contributed by atoms with van der Waals surface area (Å²) in [7, 11) is 0. The zero-order valence-electron chi connectivity index (χ0n) is 23.1. The Morgan fingerprint density at radius 3 is 2.57 bits per heavy atom. The van der Waals surface area contributed by atoms with E-state index in [-0.39, 0.29) is 48.4 Å². The number of halogens is 4. The molecule has 1 amide bonds. The number of carbonyl (C=O) groups is 1. The normalized spacial score (nSPS) is 20.9. The van der Waals surface area contributed by atoms with Gasteiger partial charge in [-0.25, -0.2) is 22.5 Å². The quantitative estimate of drug-likeness (QED) is 0.327. The van der Waals surface area contributed by atoms with Crippen LogP contribution < -0.4 is 5.32 Å². The van der Waals surface area contributed by atoms with Crippen molar-refractivity contribution < 1.29 is 37.3 Å². The van der Waals surface area contributed by atoms with Crippen molar-refractivity contribution in [3.05, 3.63) is 71.4 Å². The molecule has 8 nitrogen and oxygen atoms in total. The lowest BCUT2D eigenvalue weighted by Crippen LogP contribution is -2.48. The Morgan fingerprint density at radius 1 is 1.14 bits per heavy atom. The van der Waals surface area contributed by atoms with Crippen LogP contribution in [-0.4, -0.2) is 75.7 Å². The molecule has 0 unspecified atom stereocenters. The maximum Gasteiger partial charge on any atom is 0.251 e. The lowest BCUT2D eigenvalue weighted by atomic mass is 9.88. The second kappa shape index (κ2) is 12.8. The van der Waals surface area contributed by atoms with Gasteiger partial charge in [-0.1, -0.05) is 0 Å². The van der Waals surface area contributed by atoms with Gasteiger partial charge in [-0.3, -0.25) is 4.79 Å². The summed E-state index contributed by atoms with van der Waals surface area (Å²) in [4.78, 5) is 19.8. The first kappa shape index (κ1) is 30.0. The number of alkyl halides is 1. The van der Waals surface area contributed by atoms with Crippen LogP contribution in [0.3, 0.4) is 0 Å². The molecule has 226 valence electrons. The van der Waals surface area contributed by atoms with Crippen molar-refractivity contribution in [3.63, 3.8) is 0 Å². The zero-order valence-corrected chi connectivity index (χ0v) is 23.1. The molecule has 2 aliphatic heterocycles. The smallest absolute Gasteiger partial charge is 0.251 e. The number of aliphatic hydroxyl groups is 1. The number of carbonyl (C=O) groups excluding carboxylic acids is 1. The number of rotatable bonds is 9. The van der Waals surface area contributed by atoms with Crippen LogP contribution in [0.4, 0.5) is 17.6 Å². The molecule has 0 saturated carbocycles. The van der Waals surface area contributed by atoms with Crippen molar-refractivity contribution in [1.82, 2.24) is 19.8 Å². The Morgan fingerprint density at radius 2 is 1.90 bits per heavy atom. The molecule has 3 N–H and O–H groups in total. The third-order valence-corrected chi connectivity index (χ3v) is 7.95. The molecule has 2 saturated heterocycles. The second-order valence-corrected chi connectivity index (χ2v) is 11.0. The minimum absolute atomic E-state index is 0.0167. The molecule has 2 aromatic carbocycles. The van der Waals surface area contributed by atoms with Crippen LogP contribution in [0.15, 0.2) is 42.6 Å². The fraction of sp³-hybridized carbons (Fsp3) is 0.467. The Bertz CT molecular complexity index is 1390. The van der Waals surface area contributed by atoms with Gasteiger partial charge in [0.1, 0.15) is 41.3 Å². The number of phenolic OH excluding ortho intramolecular Hbond substituents is 1. The van der Waals surface area contributed by atoms with Crippen LogP contribution in [-0.2, 0) is 16.1 Å². The van der Waals surface area contributed by atoms with E-state index in [1.165, 1.54) is 30.2 Å². The van der Waals surface area contributed by atoms with E-state index >= 15 is 0 Å². The maximum atomic E-state index is 14.9. The van der Waals surface area contributed by atoms with E-state index in [1.54, 1.807) is 4.57 Å². The van der Waals surface area contributed by atoms with Gasteiger partial charge in [0.05, 0.1) is 11.7 Å². The number of hydrogen-bond acceptors (Lipinski definition) is 6. The van der Waals surface area contributed by atoms with E-state index in [9.17, 15) is 32.6 Å². The van der Waals surface area contributed by atoms with Crippen molar-refractivity contribution in [2.45, 2.75) is 44.6 Å². The lowest BCUT2D eigenvalue weighted by Gasteiger charge is -2.40. The number of nitrogens with zero attached hydrogens (tertiary/aromatic N) is 3. The Labute approximate surface area is 240 Å². The highest BCUT2D eigenvalue weighted by Gasteiger charge is 2.41. The van der Waals surface area contributed by atoms with E-state index in [0.29, 0.717) is 38.2 Å². The highest BCUT2D eigenvalue weighted by Crippen LogP contribution is 2.38. The standard InChI is InChI=1S/C30H34F4N4O4/c1-17(39)30(41)38(15-20-12-35-13-26(20)34)28(19-4-6-42-7-5-19)29-36-27(24-11-21(31)2-3-25(24)33)16-37(29)14-18-8-22(32)10-23(40)9-18/h2-3,8-11,16-17,19-20,26,28,35,39-40H,4-7,12-15H2,1H3/t17-,20-,26-,28+/m0/s1. The molecule has 2 fully saturated rings. The molecular weight excluding hydrogens is 556 g/mol. The summed E-state index contributed by atoms with van der Waals surface area (Å²) in [6.07, 6.45) is -0.0807. The van der Waals surface area contributed by atoms with Gasteiger partial charge in [-0.2, -0.15) is 0 Å². The first-order valence-corrected chi connectivity index (χ1v) is 14.0. The number of aromatic nitrogens is 2. The predicted octanol–water partition coefficient (Wildman–Crippen LogP) is 3.96. The van der Waals surface area contributed by atoms with Crippen molar-refractivity contribution in [1.29, 1.82) is 0 Å². The van der Waals surface area contributed by atoms with Gasteiger partial charge in [-0.15, -0.1) is 0 Å². The molecule has 12 heteroatoms. The summed E-state index contributed by atoms with van der Waals surface area (Å²) in [5, 5.41) is 23.4. The lowest BCUT2D eigenvalue weighted by molar-refractivity contribution is -0.145. The highest BCUT2D eigenvalue weighted by atomic mass is 19.1. The Kier molecular flexibility index (Phi) is 9.14. The molecule has 42 heavy (non-hydrogen) atoms. The Balaban J connectivity index is 1.67. The van der Waals surface area contributed by atoms with E-state index in [1.807, 2.05) is 0 Å². The second-order valence-electron chi connectivity index (χ2n) is 11.0. The first-order valence-electron chi connectivity index (χ1n) is 14.0. The predicted molar refractivity (Wildman–Crippen MR) is 146 cm³/mol. The molecule has 0 radical (unpaired) electrons. The molecule has 0 spiro atoms. The first-order chi connectivity index (χ1) is 20.1. The van der Waals surface area contributed by atoms with E-state index in [0.717, 1.165) is 24.3 Å². The number of nitrogens with one attached hydrogen (secondary N) is 1. The number of ether oxygens (including phenoxy) is 1. The number of amides is 1. The van der Waals surface area contributed by atoms with Gasteiger partial charge in [0, 0.05) is 63.1 Å². The average molecular weight is 591 g/mol. The zero-order chi connectivity index (χ0) is 30.0. The van der Waals surface area contributed by atoms with E-state index < -0.39 is 47.6 Å². The summed E-state index contributed by atoms with van der Waals surface area (Å²) < 4.78 is 65.4. The van der Waals surface area contributed by atoms with Gasteiger partial charge >= 0.3 is 0 Å². The van der Waals surface area contributed by atoms with Gasteiger partial charge in [0.15, 0.2) is 0 Å². The molecular formula is C30H34F4N4O4. The summed E-state index contributed by atoms with van der Waals surface area (Å²) in [6.45, 7) is 2.57. The third-order valence-electron chi connectivity index (χ3n) is 7.95. The highest BCUT2D eigenvalue weighted by molar-refractivity contribution is 5.80. The van der Waals surface area contributed by atoms with Gasteiger partial charge < -0.3 is 29.7 Å². The van der Waals surface area contributed by atoms with Gasteiger partial charge in [0.2, 0.25) is 0 Å². The minimum atomic E-state index is -1.40. The van der Waals surface area contributed by atoms with Crippen LogP contribution in [0.1, 0.15) is 37.2 Å². The largest absolute Gasteiger partial charge is 0.508 e. The maximum absolute atomic E-state index is 14.9. The van der Waals surface area contributed by atoms with Crippen LogP contribution in [0.25, 0.3) is 11.3 Å². The molecule has 5 rings (SSSR count). The van der Waals surface area contributed by atoms with Crippen molar-refractivity contribution in [2.75, 3.05) is 32.8 Å². The number of imidazole rings is 1. The van der Waals surface area contributed by atoms with E-state index in [4.69, 9.17) is 9.72 Å². The summed E-state index contributed by atoms with van der Waals surface area (Å²) in [5.41, 5.74) is 0.329. The van der Waals surface area contributed by atoms with Crippen molar-refractivity contribution in [3.8, 4) is 17.0 Å². The van der Waals surface area contributed by atoms with E-state index in [2.05, 4.69) is 5.32 Å². The molecule has 0 aliphatic carbocycles. The number of aromatic hydroxyl groups is 1. The molecule has 3 heterocycles. The number of aliphatic hydroxyl groups excluding tert-OH is 1. The minimum Gasteiger partial charge on any atom is -0.508 e. The molecule has 0 bridgehead atoms. The molecule has 1 aromatic heterocycles. The van der Waals surface area contributed by atoms with Crippen LogP contribution in [0.5, 0.6) is 5.75 Å². The van der Waals surface area contributed by atoms with Crippen LogP contribution >= 0.6 is 0 Å². The van der Waals surface area contributed by atoms with Crippen molar-refractivity contribution >= 4 is 5.91 Å².